The minimum absolute atomic E-state index is 0.0179. The van der Waals surface area contributed by atoms with Crippen LogP contribution >= 0.6 is 0 Å². The molecule has 1 aromatic rings. The Morgan fingerprint density at radius 3 is 2.52 bits per heavy atom. The number of hydrogen-bond acceptors (Lipinski definition) is 5. The molecule has 1 saturated heterocycles. The molecule has 0 bridgehead atoms. The molecule has 0 aliphatic carbocycles. The Bertz CT molecular complexity index is 648. The van der Waals surface area contributed by atoms with Crippen LogP contribution in [0.25, 0.3) is 0 Å². The molecule has 2 rings (SSSR count). The zero-order valence-corrected chi connectivity index (χ0v) is 15.9. The maximum absolute atomic E-state index is 12.1. The van der Waals surface area contributed by atoms with Gasteiger partial charge < -0.3 is 15.4 Å². The van der Waals surface area contributed by atoms with Gasteiger partial charge in [-0.25, -0.2) is 0 Å². The van der Waals surface area contributed by atoms with Crippen molar-refractivity contribution in [3.8, 4) is 6.07 Å². The van der Waals surface area contributed by atoms with Gasteiger partial charge in [0.2, 0.25) is 11.8 Å². The highest BCUT2D eigenvalue weighted by Crippen LogP contribution is 2.12. The van der Waals surface area contributed by atoms with Crippen molar-refractivity contribution in [3.63, 3.8) is 0 Å². The Labute approximate surface area is 160 Å². The highest BCUT2D eigenvalue weighted by molar-refractivity contribution is 5.91. The van der Waals surface area contributed by atoms with E-state index in [4.69, 9.17) is 10.00 Å². The highest BCUT2D eigenvalue weighted by atomic mass is 16.5. The summed E-state index contributed by atoms with van der Waals surface area (Å²) in [4.78, 5) is 26.4. The molecule has 0 spiro atoms. The lowest BCUT2D eigenvalue weighted by molar-refractivity contribution is -0.122. The molecule has 0 aromatic heterocycles. The fraction of sp³-hybridized carbons (Fsp3) is 0.550. The van der Waals surface area contributed by atoms with Gasteiger partial charge in [-0.15, -0.1) is 0 Å². The third-order valence-electron chi connectivity index (χ3n) is 4.44. The van der Waals surface area contributed by atoms with Crippen LogP contribution in [-0.2, 0) is 14.3 Å². The van der Waals surface area contributed by atoms with Crippen molar-refractivity contribution in [2.45, 2.75) is 26.2 Å². The van der Waals surface area contributed by atoms with E-state index in [2.05, 4.69) is 15.5 Å². The summed E-state index contributed by atoms with van der Waals surface area (Å²) in [6.45, 7) is 7.00. The zero-order valence-electron chi connectivity index (χ0n) is 15.9. The standard InChI is InChI=1S/C20H28N4O3/c1-16(14-20(26)23-18-5-3-17(15-21)4-6-18)13-19(25)22-7-2-8-24-9-11-27-12-10-24/h3-6,16H,2,7-14H2,1H3,(H,22,25)(H,23,26)/t16-/m0/s1. The highest BCUT2D eigenvalue weighted by Gasteiger charge is 2.14. The summed E-state index contributed by atoms with van der Waals surface area (Å²) in [5, 5.41) is 14.5. The Balaban J connectivity index is 1.59. The molecule has 1 aliphatic rings. The molecule has 7 heteroatoms. The molecule has 0 radical (unpaired) electrons. The van der Waals surface area contributed by atoms with Crippen molar-refractivity contribution in [1.82, 2.24) is 10.2 Å². The van der Waals surface area contributed by atoms with Crippen molar-refractivity contribution < 1.29 is 14.3 Å². The first-order valence-electron chi connectivity index (χ1n) is 9.43. The molecular formula is C20H28N4O3. The van der Waals surface area contributed by atoms with Crippen molar-refractivity contribution in [3.05, 3.63) is 29.8 Å². The van der Waals surface area contributed by atoms with E-state index in [1.807, 2.05) is 13.0 Å². The monoisotopic (exact) mass is 372 g/mol. The number of morpholine rings is 1. The average molecular weight is 372 g/mol. The van der Waals surface area contributed by atoms with E-state index in [1.165, 1.54) is 0 Å². The molecular weight excluding hydrogens is 344 g/mol. The van der Waals surface area contributed by atoms with Gasteiger partial charge in [-0.05, 0) is 43.1 Å². The topological polar surface area (TPSA) is 94.5 Å². The number of rotatable bonds is 9. The van der Waals surface area contributed by atoms with Crippen LogP contribution in [-0.4, -0.2) is 56.1 Å². The van der Waals surface area contributed by atoms with Crippen LogP contribution in [0.15, 0.2) is 24.3 Å². The summed E-state index contributed by atoms with van der Waals surface area (Å²) in [5.41, 5.74) is 1.20. The largest absolute Gasteiger partial charge is 0.379 e. The molecule has 7 nitrogen and oxygen atoms in total. The molecule has 2 amide bonds. The average Bonchev–Trinajstić information content (AvgIpc) is 2.66. The van der Waals surface area contributed by atoms with Gasteiger partial charge in [0.1, 0.15) is 0 Å². The van der Waals surface area contributed by atoms with Crippen molar-refractivity contribution in [2.24, 2.45) is 5.92 Å². The summed E-state index contributed by atoms with van der Waals surface area (Å²) < 4.78 is 5.31. The first kappa shape index (κ1) is 20.9. The number of hydrogen-bond donors (Lipinski definition) is 2. The van der Waals surface area contributed by atoms with E-state index in [0.29, 0.717) is 24.2 Å². The molecule has 1 heterocycles. The van der Waals surface area contributed by atoms with Gasteiger partial charge in [0.15, 0.2) is 0 Å². The second-order valence-electron chi connectivity index (χ2n) is 6.91. The normalized spacial score (nSPS) is 15.6. The molecule has 27 heavy (non-hydrogen) atoms. The number of anilines is 1. The molecule has 1 aliphatic heterocycles. The number of benzene rings is 1. The number of nitriles is 1. The van der Waals surface area contributed by atoms with Crippen LogP contribution in [0.1, 0.15) is 31.7 Å². The summed E-state index contributed by atoms with van der Waals surface area (Å²) in [6.07, 6.45) is 1.53. The lowest BCUT2D eigenvalue weighted by Crippen LogP contribution is -2.38. The van der Waals surface area contributed by atoms with Gasteiger partial charge in [0, 0.05) is 38.2 Å². The predicted molar refractivity (Wildman–Crippen MR) is 103 cm³/mol. The molecule has 2 N–H and O–H groups in total. The zero-order chi connectivity index (χ0) is 19.5. The van der Waals surface area contributed by atoms with Gasteiger partial charge in [0.25, 0.3) is 0 Å². The number of nitrogens with one attached hydrogen (secondary N) is 2. The Morgan fingerprint density at radius 2 is 1.85 bits per heavy atom. The van der Waals surface area contributed by atoms with Crippen molar-refractivity contribution in [2.75, 3.05) is 44.7 Å². The summed E-state index contributed by atoms with van der Waals surface area (Å²) in [6, 6.07) is 8.74. The molecule has 1 aromatic carbocycles. The maximum Gasteiger partial charge on any atom is 0.224 e. The van der Waals surface area contributed by atoms with Crippen LogP contribution in [0, 0.1) is 17.2 Å². The maximum atomic E-state index is 12.1. The lowest BCUT2D eigenvalue weighted by Gasteiger charge is -2.26. The lowest BCUT2D eigenvalue weighted by atomic mass is 10.0. The second kappa shape index (κ2) is 11.3. The first-order chi connectivity index (χ1) is 13.1. The van der Waals surface area contributed by atoms with Crippen LogP contribution in [0.2, 0.25) is 0 Å². The number of carbonyl (C=O) groups is 2. The minimum atomic E-state index is -0.132. The molecule has 1 atom stereocenters. The molecule has 146 valence electrons. The number of ether oxygens (including phenoxy) is 1. The van der Waals surface area contributed by atoms with Gasteiger partial charge in [-0.1, -0.05) is 6.92 Å². The minimum Gasteiger partial charge on any atom is -0.379 e. The van der Waals surface area contributed by atoms with Gasteiger partial charge in [0.05, 0.1) is 24.8 Å². The fourth-order valence-electron chi connectivity index (χ4n) is 2.97. The summed E-state index contributed by atoms with van der Waals surface area (Å²) in [7, 11) is 0. The third-order valence-corrected chi connectivity index (χ3v) is 4.44. The Kier molecular flexibility index (Phi) is 8.75. The van der Waals surface area contributed by atoms with Crippen molar-refractivity contribution in [1.29, 1.82) is 5.26 Å². The smallest absolute Gasteiger partial charge is 0.224 e. The van der Waals surface area contributed by atoms with Gasteiger partial charge >= 0.3 is 0 Å². The fourth-order valence-corrected chi connectivity index (χ4v) is 2.97. The van der Waals surface area contributed by atoms with Crippen LogP contribution in [0.4, 0.5) is 5.69 Å². The predicted octanol–water partition coefficient (Wildman–Crippen LogP) is 1.75. The quantitative estimate of drug-likeness (QED) is 0.644. The summed E-state index contributed by atoms with van der Waals surface area (Å²) >= 11 is 0. The Hall–Kier alpha value is -2.43. The van der Waals surface area contributed by atoms with E-state index in [1.54, 1.807) is 24.3 Å². The van der Waals surface area contributed by atoms with Crippen LogP contribution in [0.5, 0.6) is 0 Å². The van der Waals surface area contributed by atoms with Crippen LogP contribution < -0.4 is 10.6 Å². The van der Waals surface area contributed by atoms with Crippen molar-refractivity contribution >= 4 is 17.5 Å². The third kappa shape index (κ3) is 8.20. The van der Waals surface area contributed by atoms with E-state index in [0.717, 1.165) is 39.3 Å². The van der Waals surface area contributed by atoms with E-state index >= 15 is 0 Å². The van der Waals surface area contributed by atoms with E-state index in [9.17, 15) is 9.59 Å². The summed E-state index contributed by atoms with van der Waals surface area (Å²) in [5.74, 6) is -0.189. The van der Waals surface area contributed by atoms with Crippen LogP contribution in [0.3, 0.4) is 0 Å². The Morgan fingerprint density at radius 1 is 1.19 bits per heavy atom. The SMILES string of the molecule is C[C@@H](CC(=O)NCCCN1CCOCC1)CC(=O)Nc1ccc(C#N)cc1. The number of carbonyl (C=O) groups excluding carboxylic acids is 2. The first-order valence-corrected chi connectivity index (χ1v) is 9.43. The molecule has 1 fully saturated rings. The van der Waals surface area contributed by atoms with E-state index < -0.39 is 0 Å². The van der Waals surface area contributed by atoms with Gasteiger partial charge in [-0.2, -0.15) is 5.26 Å². The molecule has 0 unspecified atom stereocenters. The van der Waals surface area contributed by atoms with Gasteiger partial charge in [-0.3, -0.25) is 14.5 Å². The van der Waals surface area contributed by atoms with E-state index in [-0.39, 0.29) is 24.2 Å². The second-order valence-corrected chi connectivity index (χ2v) is 6.91. The molecule has 0 saturated carbocycles. The number of amides is 2. The number of nitrogens with zero attached hydrogens (tertiary/aromatic N) is 2.